The van der Waals surface area contributed by atoms with Crippen molar-refractivity contribution in [2.75, 3.05) is 27.7 Å². The molecule has 33 heavy (non-hydrogen) atoms. The molecule has 0 aromatic carbocycles. The molecule has 1 unspecified atom stereocenters. The number of ether oxygens (including phenoxy) is 1. The number of aliphatic carboxylic acids is 1. The van der Waals surface area contributed by atoms with Crippen LogP contribution in [0.25, 0.3) is 0 Å². The van der Waals surface area contributed by atoms with Gasteiger partial charge in [0, 0.05) is 6.42 Å². The summed E-state index contributed by atoms with van der Waals surface area (Å²) in [5.41, 5.74) is 0. The van der Waals surface area contributed by atoms with Gasteiger partial charge in [-0.2, -0.15) is 0 Å². The molecule has 0 amide bonds. The van der Waals surface area contributed by atoms with Crippen LogP contribution in [0.15, 0.2) is 0 Å². The zero-order valence-electron chi connectivity index (χ0n) is 22.5. The first-order valence-electron chi connectivity index (χ1n) is 14.0. The van der Waals surface area contributed by atoms with Crippen molar-refractivity contribution in [2.45, 2.75) is 141 Å². The van der Waals surface area contributed by atoms with E-state index in [9.17, 15) is 9.59 Å². The first-order valence-corrected chi connectivity index (χ1v) is 14.0. The molecule has 0 rings (SSSR count). The van der Waals surface area contributed by atoms with Gasteiger partial charge in [0.1, 0.15) is 6.54 Å². The van der Waals surface area contributed by atoms with Crippen LogP contribution in [0.3, 0.4) is 0 Å². The molecule has 5 heteroatoms. The molecular weight excluding hydrogens is 414 g/mol. The van der Waals surface area contributed by atoms with Crippen LogP contribution in [0.4, 0.5) is 0 Å². The van der Waals surface area contributed by atoms with Crippen LogP contribution in [-0.4, -0.2) is 55.3 Å². The van der Waals surface area contributed by atoms with Gasteiger partial charge in [0.05, 0.1) is 27.6 Å². The lowest BCUT2D eigenvalue weighted by molar-refractivity contribution is -0.873. The second kappa shape index (κ2) is 21.4. The number of carboxylic acid groups (broad SMARTS) is 1. The Morgan fingerprint density at radius 3 is 1.36 bits per heavy atom. The van der Waals surface area contributed by atoms with Crippen LogP contribution in [0.5, 0.6) is 0 Å². The molecule has 0 saturated carbocycles. The van der Waals surface area contributed by atoms with Crippen LogP contribution in [0.1, 0.15) is 135 Å². The number of quaternary nitrogens is 1. The third-order valence-corrected chi connectivity index (χ3v) is 6.19. The van der Waals surface area contributed by atoms with Crippen LogP contribution < -0.4 is 0 Å². The van der Waals surface area contributed by atoms with Gasteiger partial charge in [-0.05, 0) is 6.42 Å². The number of unbranched alkanes of at least 4 members (excludes halogenated alkanes) is 17. The molecule has 0 saturated heterocycles. The molecule has 0 fully saturated rings. The molecule has 1 N–H and O–H groups in total. The quantitative estimate of drug-likeness (QED) is 0.0900. The summed E-state index contributed by atoms with van der Waals surface area (Å²) < 4.78 is 6.01. The van der Waals surface area contributed by atoms with Gasteiger partial charge in [-0.1, -0.05) is 116 Å². The highest BCUT2D eigenvalue weighted by atomic mass is 16.5. The van der Waals surface area contributed by atoms with Gasteiger partial charge in [-0.25, -0.2) is 0 Å². The molecule has 0 bridgehead atoms. The maximum atomic E-state index is 12.1. The summed E-state index contributed by atoms with van der Waals surface area (Å²) in [6, 6.07) is 0. The monoisotopic (exact) mass is 470 g/mol. The van der Waals surface area contributed by atoms with Crippen LogP contribution in [0, 0.1) is 0 Å². The van der Waals surface area contributed by atoms with Crippen molar-refractivity contribution < 1.29 is 23.9 Å². The summed E-state index contributed by atoms with van der Waals surface area (Å²) in [4.78, 5) is 23.1. The third-order valence-electron chi connectivity index (χ3n) is 6.19. The summed E-state index contributed by atoms with van der Waals surface area (Å²) in [5.74, 6) is -1.18. The van der Waals surface area contributed by atoms with E-state index in [0.29, 0.717) is 17.4 Å². The predicted molar refractivity (Wildman–Crippen MR) is 138 cm³/mol. The first kappa shape index (κ1) is 31.9. The molecule has 0 heterocycles. The Morgan fingerprint density at radius 1 is 0.667 bits per heavy atom. The molecule has 0 radical (unpaired) electrons. The van der Waals surface area contributed by atoms with E-state index < -0.39 is 12.1 Å². The van der Waals surface area contributed by atoms with E-state index in [-0.39, 0.29) is 12.4 Å². The number of carbonyl (C=O) groups excluding carboxylic acids is 1. The zero-order chi connectivity index (χ0) is 24.8. The number of hydrogen-bond acceptors (Lipinski definition) is 3. The first-order chi connectivity index (χ1) is 15.7. The second-order valence-electron chi connectivity index (χ2n) is 10.9. The SMILES string of the molecule is CCCCCCCCCCCCCCCCCCCCC(=O)OC(CC(=O)O)C[N+](C)(C)C. The summed E-state index contributed by atoms with van der Waals surface area (Å²) in [6.45, 7) is 2.79. The molecule has 196 valence electrons. The largest absolute Gasteiger partial charge is 0.481 e. The van der Waals surface area contributed by atoms with E-state index in [1.807, 2.05) is 21.1 Å². The fraction of sp³-hybridized carbons (Fsp3) is 0.929. The molecule has 0 aromatic rings. The van der Waals surface area contributed by atoms with Gasteiger partial charge in [-0.3, -0.25) is 9.59 Å². The normalized spacial score (nSPS) is 12.6. The van der Waals surface area contributed by atoms with Crippen molar-refractivity contribution in [1.29, 1.82) is 0 Å². The summed E-state index contributed by atoms with van der Waals surface area (Å²) in [6.07, 6.45) is 23.5. The Morgan fingerprint density at radius 2 is 1.03 bits per heavy atom. The molecule has 0 aliphatic rings. The Balaban J connectivity index is 3.47. The van der Waals surface area contributed by atoms with E-state index in [1.165, 1.54) is 103 Å². The average molecular weight is 471 g/mol. The molecule has 5 nitrogen and oxygen atoms in total. The highest BCUT2D eigenvalue weighted by Gasteiger charge is 2.24. The molecule has 0 spiro atoms. The third kappa shape index (κ3) is 25.4. The van der Waals surface area contributed by atoms with E-state index in [1.54, 1.807) is 0 Å². The minimum absolute atomic E-state index is 0.125. The number of likely N-dealkylation sites (N-methyl/N-ethyl adjacent to an activating group) is 1. The van der Waals surface area contributed by atoms with Crippen molar-refractivity contribution >= 4 is 11.9 Å². The number of nitrogens with zero attached hydrogens (tertiary/aromatic N) is 1. The van der Waals surface area contributed by atoms with Crippen LogP contribution >= 0.6 is 0 Å². The second-order valence-corrected chi connectivity index (χ2v) is 10.9. The van der Waals surface area contributed by atoms with Crippen LogP contribution in [-0.2, 0) is 14.3 Å². The maximum Gasteiger partial charge on any atom is 0.307 e. The molecule has 0 aromatic heterocycles. The smallest absolute Gasteiger partial charge is 0.307 e. The number of rotatable bonds is 24. The fourth-order valence-electron chi connectivity index (χ4n) is 4.36. The van der Waals surface area contributed by atoms with Crippen molar-refractivity contribution in [3.63, 3.8) is 0 Å². The van der Waals surface area contributed by atoms with Gasteiger partial charge < -0.3 is 14.3 Å². The maximum absolute atomic E-state index is 12.1. The average Bonchev–Trinajstić information content (AvgIpc) is 2.71. The van der Waals surface area contributed by atoms with Gasteiger partial charge in [-0.15, -0.1) is 0 Å². The highest BCUT2D eigenvalue weighted by Crippen LogP contribution is 2.15. The Hall–Kier alpha value is -1.10. The summed E-state index contributed by atoms with van der Waals surface area (Å²) in [7, 11) is 5.92. The summed E-state index contributed by atoms with van der Waals surface area (Å²) in [5, 5.41) is 9.03. The number of hydrogen-bond donors (Lipinski definition) is 1. The Labute approximate surface area is 205 Å². The number of esters is 1. The van der Waals surface area contributed by atoms with Gasteiger partial charge in [0.2, 0.25) is 0 Å². The minimum Gasteiger partial charge on any atom is -0.481 e. The van der Waals surface area contributed by atoms with E-state index in [4.69, 9.17) is 9.84 Å². The van der Waals surface area contributed by atoms with Gasteiger partial charge >= 0.3 is 11.9 Å². The zero-order valence-corrected chi connectivity index (χ0v) is 22.5. The molecule has 1 atom stereocenters. The summed E-state index contributed by atoms with van der Waals surface area (Å²) >= 11 is 0. The van der Waals surface area contributed by atoms with E-state index in [0.717, 1.165) is 12.8 Å². The van der Waals surface area contributed by atoms with Crippen molar-refractivity contribution in [2.24, 2.45) is 0 Å². The molecule has 0 aliphatic carbocycles. The van der Waals surface area contributed by atoms with E-state index in [2.05, 4.69) is 6.92 Å². The fourth-order valence-corrected chi connectivity index (χ4v) is 4.36. The number of carboxylic acids is 1. The lowest BCUT2D eigenvalue weighted by atomic mass is 10.0. The van der Waals surface area contributed by atoms with Gasteiger partial charge in [0.25, 0.3) is 0 Å². The minimum atomic E-state index is -0.922. The van der Waals surface area contributed by atoms with E-state index >= 15 is 0 Å². The van der Waals surface area contributed by atoms with Crippen LogP contribution in [0.2, 0.25) is 0 Å². The topological polar surface area (TPSA) is 63.6 Å². The standard InChI is InChI=1S/C28H55NO4/c1-5-6-7-8-9-10-11-12-13-14-15-16-17-18-19-20-21-22-23-28(32)33-26(24-27(30)31)25-29(2,3)4/h26H,5-25H2,1-4H3/p+1. The molecule has 0 aliphatic heterocycles. The lowest BCUT2D eigenvalue weighted by Crippen LogP contribution is -2.43. The molecular formula is C28H56NO4+. The Bertz CT molecular complexity index is 473. The van der Waals surface area contributed by atoms with Crippen molar-refractivity contribution in [1.82, 2.24) is 0 Å². The van der Waals surface area contributed by atoms with Gasteiger partial charge in [0.15, 0.2) is 6.10 Å². The number of carbonyl (C=O) groups is 2. The Kier molecular flexibility index (Phi) is 20.7. The lowest BCUT2D eigenvalue weighted by Gasteiger charge is -2.28. The highest BCUT2D eigenvalue weighted by molar-refractivity contribution is 5.71. The predicted octanol–water partition coefficient (Wildman–Crippen LogP) is 7.51. The van der Waals surface area contributed by atoms with Crippen molar-refractivity contribution in [3.8, 4) is 0 Å². The van der Waals surface area contributed by atoms with Crippen molar-refractivity contribution in [3.05, 3.63) is 0 Å².